The third-order valence-corrected chi connectivity index (χ3v) is 22.7. The lowest BCUT2D eigenvalue weighted by molar-refractivity contribution is 0.589. The number of rotatable bonds is 4. The molecule has 0 saturated carbocycles. The van der Waals surface area contributed by atoms with E-state index in [2.05, 4.69) is 229 Å². The lowest BCUT2D eigenvalue weighted by atomic mass is 9.34. The second kappa shape index (κ2) is 23.0. The fraction of sp³-hybridized carbons (Fsp3) is 0.118. The Labute approximate surface area is 645 Å². The second-order valence-electron chi connectivity index (χ2n) is 31.9. The summed E-state index contributed by atoms with van der Waals surface area (Å²) in [5, 5.41) is 9.03. The predicted octanol–water partition coefficient (Wildman–Crippen LogP) is 25.3. The molecule has 0 saturated heterocycles. The third-order valence-electron chi connectivity index (χ3n) is 22.7. The summed E-state index contributed by atoms with van der Waals surface area (Å²) in [6.07, 6.45) is 0. The molecule has 0 atom stereocenters. The zero-order valence-corrected chi connectivity index (χ0v) is 60.7. The molecule has 0 aliphatic carbocycles. The van der Waals surface area contributed by atoms with E-state index in [0.717, 1.165) is 121 Å². The van der Waals surface area contributed by atoms with Gasteiger partial charge in [0.2, 0.25) is 0 Å². The monoisotopic (exact) mass is 1390 g/mol. The van der Waals surface area contributed by atoms with Crippen LogP contribution < -0.4 is 16.4 Å². The highest BCUT2D eigenvalue weighted by Gasteiger charge is 2.43. The maximum Gasteiger partial charge on any atom is 0.252 e. The number of hydrogen-bond donors (Lipinski definition) is 0. The maximum absolute atomic E-state index is 10.3. The first-order valence-corrected chi connectivity index (χ1v) is 36.7. The number of benzene rings is 15. The Morgan fingerprint density at radius 3 is 0.879 bits per heavy atom. The van der Waals surface area contributed by atoms with Gasteiger partial charge in [0.25, 0.3) is 6.71 Å². The molecule has 0 unspecified atom stereocenters. The van der Waals surface area contributed by atoms with Gasteiger partial charge in [-0.3, -0.25) is 0 Å². The van der Waals surface area contributed by atoms with Crippen LogP contribution in [0.5, 0.6) is 0 Å². The number of fused-ring (bicyclic) bond motifs is 24. The van der Waals surface area contributed by atoms with Crippen LogP contribution in [0.4, 0.5) is 0 Å². The Bertz CT molecular complexity index is 7640. The topological polar surface area (TPSA) is 19.7 Å². The molecule has 0 amide bonds. The molecule has 0 N–H and O–H groups in total. The van der Waals surface area contributed by atoms with Crippen LogP contribution in [0.3, 0.4) is 0 Å². The zero-order chi connectivity index (χ0) is 86.0. The third kappa shape index (κ3) is 9.23. The van der Waals surface area contributed by atoms with Crippen LogP contribution in [0.25, 0.3) is 175 Å². The van der Waals surface area contributed by atoms with Crippen LogP contribution in [0.1, 0.15) is 101 Å². The minimum atomic E-state index is -0.858. The van der Waals surface area contributed by atoms with Gasteiger partial charge in [0.15, 0.2) is 0 Å². The molecule has 0 fully saturated rings. The smallest absolute Gasteiger partial charge is 0.252 e. The van der Waals surface area contributed by atoms with Gasteiger partial charge in [0.05, 0.1) is 77.4 Å². The highest BCUT2D eigenvalue weighted by molar-refractivity contribution is 7.00. The van der Waals surface area contributed by atoms with Gasteiger partial charge >= 0.3 is 0 Å². The molecule has 0 radical (unpaired) electrons. The average Bonchev–Trinajstić information content (AvgIpc) is 1.53. The molecule has 2 aliphatic heterocycles. The zero-order valence-electron chi connectivity index (χ0n) is 76.7. The van der Waals surface area contributed by atoms with E-state index in [4.69, 9.17) is 0 Å². The van der Waals surface area contributed by atoms with Crippen molar-refractivity contribution in [2.75, 3.05) is 0 Å². The minimum Gasteiger partial charge on any atom is -0.309 e. The molecule has 5 heteroatoms. The van der Waals surface area contributed by atoms with Crippen molar-refractivity contribution >= 4 is 153 Å². The molecule has 2 aliphatic rings. The van der Waals surface area contributed by atoms with Crippen LogP contribution in [0.2, 0.25) is 0 Å². The molecule has 0 spiro atoms. The fourth-order valence-electron chi connectivity index (χ4n) is 17.8. The highest BCUT2D eigenvalue weighted by Crippen LogP contribution is 2.49. The van der Waals surface area contributed by atoms with Gasteiger partial charge in [-0.1, -0.05) is 305 Å². The molecule has 4 aromatic heterocycles. The van der Waals surface area contributed by atoms with E-state index in [1.165, 1.54) is 0 Å². The summed E-state index contributed by atoms with van der Waals surface area (Å²) in [6, 6.07) is 68.0. The second-order valence-corrected chi connectivity index (χ2v) is 31.9. The van der Waals surface area contributed by atoms with Gasteiger partial charge < -0.3 is 18.3 Å². The van der Waals surface area contributed by atoms with E-state index >= 15 is 0 Å². The van der Waals surface area contributed by atoms with E-state index in [-0.39, 0.29) is 43.6 Å². The molecular weight excluding hydrogens is 1290 g/mol. The Hall–Kier alpha value is -12.4. The maximum atomic E-state index is 10.3. The van der Waals surface area contributed by atoms with Crippen molar-refractivity contribution in [1.29, 1.82) is 0 Å². The van der Waals surface area contributed by atoms with E-state index in [0.29, 0.717) is 44.0 Å². The molecule has 21 rings (SSSR count). The largest absolute Gasteiger partial charge is 0.309 e. The lowest BCUT2D eigenvalue weighted by Crippen LogP contribution is -2.60. The van der Waals surface area contributed by atoms with Crippen molar-refractivity contribution < 1.29 is 21.9 Å². The first kappa shape index (κ1) is 48.6. The molecular formula is C102H79BN4. The minimum absolute atomic E-state index is 0.0551. The van der Waals surface area contributed by atoms with Gasteiger partial charge in [-0.2, -0.15) is 0 Å². The first-order chi connectivity index (χ1) is 58.7. The van der Waals surface area contributed by atoms with Crippen molar-refractivity contribution in [1.82, 2.24) is 18.3 Å². The molecule has 4 nitrogen and oxygen atoms in total. The Balaban J connectivity index is 1.14. The molecule has 0 bridgehead atoms. The summed E-state index contributed by atoms with van der Waals surface area (Å²) in [4.78, 5) is 0. The first-order valence-electron chi connectivity index (χ1n) is 44.7. The Kier molecular flexibility index (Phi) is 10.5. The quantitative estimate of drug-likeness (QED) is 0.157. The summed E-state index contributed by atoms with van der Waals surface area (Å²) in [5.41, 5.74) is 12.2. The molecule has 6 heterocycles. The van der Waals surface area contributed by atoms with E-state index in [1.807, 2.05) is 60.7 Å². The van der Waals surface area contributed by atoms with Crippen molar-refractivity contribution in [3.8, 4) is 45.0 Å². The number of hydrogen-bond acceptors (Lipinski definition) is 0. The van der Waals surface area contributed by atoms with Crippen molar-refractivity contribution in [3.63, 3.8) is 0 Å². The van der Waals surface area contributed by atoms with Crippen LogP contribution in [-0.2, 0) is 16.2 Å². The van der Waals surface area contributed by atoms with Gasteiger partial charge in [0, 0.05) is 65.6 Å². The highest BCUT2D eigenvalue weighted by atomic mass is 15.1. The van der Waals surface area contributed by atoms with Crippen molar-refractivity contribution in [2.45, 2.75) is 78.6 Å². The molecule has 19 aromatic rings. The van der Waals surface area contributed by atoms with Gasteiger partial charge in [-0.15, -0.1) is 0 Å². The van der Waals surface area contributed by atoms with Crippen LogP contribution >= 0.6 is 0 Å². The van der Waals surface area contributed by atoms with Gasteiger partial charge in [0.1, 0.15) is 0 Å². The van der Waals surface area contributed by atoms with Gasteiger partial charge in [-0.05, 0) is 176 Å². The summed E-state index contributed by atoms with van der Waals surface area (Å²) < 4.78 is 165. The molecule has 15 aromatic carbocycles. The Morgan fingerprint density at radius 2 is 0.542 bits per heavy atom. The van der Waals surface area contributed by atoms with E-state index < -0.39 is 120 Å². The SMILES string of the molecule is [2H]c1c([2H])c([2H])c2c(c1[2H])c1c([2H])c([2H])c([2H])c([2H])c1n2-c1ccc2c3c1c1ccccc1c1ccccc1c1cc(C(C)(C)C)cc(-c4ccccc4)c1n3-c1cc(C(C)(C)C)cc3c1B2c1ccc(-n2c4c([2H])c([2H])c([2H])c([2H])c4c4c([2H])c([2H])c([2H])c([2H])c42)c2c4ccccc4c4ccccc4c4cc(C(C)(C)C)cc(-c5ccccc5)c4n-3c12. The van der Waals surface area contributed by atoms with Crippen LogP contribution in [0, 0.1) is 0 Å². The molecule has 107 heavy (non-hydrogen) atoms. The standard InChI is InChI=1S/C102H79BN4/c1-100(2,3)64-56-79(62-32-12-10-13-33-62)96-81(58-64)71-40-18-16-36-67(71)69-38-20-22-46-77(69)93-89(104-85-48-28-24-42-73(85)74-43-25-29-49-86(74)104)54-52-83-98(93)106(96)91-60-66(102(7,8)9)61-92-95(91)103(83)84-53-55-90(105-87-50-30-26-44-75(87)76-45-27-31-51-88(76)105)94-78-47-23-21-39-70(78)68-37-17-19-41-72(68)82-59-65(101(4,5)6)57-80(63-34-14-11-15-35-63)97(82)107(92)99(84)94/h10-61H,1-9H3/i24D,25D,26D,27D,28D,29D,30D,31D,42D,43D,44D,45D,48D,49D,50D,51D. The summed E-state index contributed by atoms with van der Waals surface area (Å²) in [7, 11) is 0. The number of para-hydroxylation sites is 4. The summed E-state index contributed by atoms with van der Waals surface area (Å²) >= 11 is 0. The van der Waals surface area contributed by atoms with Crippen LogP contribution in [-0.4, -0.2) is 25.0 Å². The fourth-order valence-corrected chi connectivity index (χ4v) is 17.8. The Morgan fingerprint density at radius 1 is 0.252 bits per heavy atom. The van der Waals surface area contributed by atoms with Crippen molar-refractivity contribution in [2.24, 2.45) is 0 Å². The van der Waals surface area contributed by atoms with E-state index in [9.17, 15) is 21.9 Å². The average molecular weight is 1390 g/mol. The summed E-state index contributed by atoms with van der Waals surface area (Å²) in [5.74, 6) is 0. The van der Waals surface area contributed by atoms with Crippen LogP contribution in [0.15, 0.2) is 315 Å². The molecule has 510 valence electrons. The van der Waals surface area contributed by atoms with Gasteiger partial charge in [-0.25, -0.2) is 0 Å². The number of aromatic nitrogens is 4. The summed E-state index contributed by atoms with van der Waals surface area (Å²) in [6.45, 7) is 19.2. The lowest BCUT2D eigenvalue weighted by Gasteiger charge is -2.38. The normalized spacial score (nSPS) is 15.0. The number of nitrogens with zero attached hydrogens (tertiary/aromatic N) is 4. The van der Waals surface area contributed by atoms with Crippen molar-refractivity contribution in [3.05, 3.63) is 332 Å². The predicted molar refractivity (Wildman–Crippen MR) is 461 cm³/mol. The van der Waals surface area contributed by atoms with E-state index in [1.54, 1.807) is 9.13 Å².